The van der Waals surface area contributed by atoms with E-state index in [0.29, 0.717) is 71.8 Å². The number of hydrogen-bond donors (Lipinski definition) is 6. The van der Waals surface area contributed by atoms with Crippen molar-refractivity contribution in [3.63, 3.8) is 0 Å². The number of aromatic hydroxyl groups is 3. The van der Waals surface area contributed by atoms with Gasteiger partial charge in [0, 0.05) is 42.3 Å². The maximum Gasteiger partial charge on any atom is 0.569 e. The van der Waals surface area contributed by atoms with Crippen LogP contribution in [0, 0.1) is 13.8 Å². The molecule has 17 nitrogen and oxygen atoms in total. The van der Waals surface area contributed by atoms with Gasteiger partial charge in [0.25, 0.3) is 0 Å². The van der Waals surface area contributed by atoms with Gasteiger partial charge in [-0.15, -0.1) is 0 Å². The van der Waals surface area contributed by atoms with Crippen LogP contribution in [0.2, 0.25) is 18.1 Å². The maximum absolute atomic E-state index is 12.0. The van der Waals surface area contributed by atoms with E-state index in [1.807, 2.05) is 190 Å². The minimum absolute atomic E-state index is 0.0369. The van der Waals surface area contributed by atoms with Crippen LogP contribution < -0.4 is 15.9 Å². The highest BCUT2D eigenvalue weighted by Crippen LogP contribution is 2.38. The molecular weight excluding hydrogens is 1370 g/mol. The topological polar surface area (TPSA) is 259 Å². The minimum atomic E-state index is -1.81. The van der Waals surface area contributed by atoms with Gasteiger partial charge in [-0.25, -0.2) is 29.9 Å². The van der Waals surface area contributed by atoms with Crippen LogP contribution in [0.5, 0.6) is 23.1 Å². The smallest absolute Gasteiger partial charge is 0.544 e. The lowest BCUT2D eigenvalue weighted by Gasteiger charge is -2.36. The second-order valence-electron chi connectivity index (χ2n) is 25.4. The van der Waals surface area contributed by atoms with E-state index >= 15 is 0 Å². The summed E-state index contributed by atoms with van der Waals surface area (Å²) in [6, 6.07) is 67.4. The monoisotopic (exact) mass is 1450 g/mol. The third-order valence-electron chi connectivity index (χ3n) is 16.4. The quantitative estimate of drug-likeness (QED) is 0.0325. The lowest BCUT2D eigenvalue weighted by atomic mass is 10.1. The number of rotatable bonds is 19. The summed E-state index contributed by atoms with van der Waals surface area (Å²) in [5.41, 5.74) is 26.5. The SMILES string of the molecule is CCOC(C)C(=O)Cc1ccc(O[Si](C)(C)C(C)(C)C)cc1.Cc1ccc(-c2cnc(N)c(/C=C/c3ccccc3)n2)cc1.Cc1ccc(-c2cnc(N)c(Br)n2)cc1.O[B]O/C=C/c1ccccc1.Oc1ccc(Cc2nc3c(/C=C/c4ccccc4)nc(-c4ccc(O)cc4)cn3c2O)cc1. The number of nitrogen functional groups attached to an aromatic ring is 2. The lowest BCUT2D eigenvalue weighted by Crippen LogP contribution is -2.43. The molecule has 4 aromatic heterocycles. The van der Waals surface area contributed by atoms with Crippen LogP contribution in [-0.2, 0) is 27.0 Å². The number of phenols is 2. The number of benzene rings is 8. The zero-order valence-electron chi connectivity index (χ0n) is 59.3. The Bertz CT molecular complexity index is 4740. The average molecular weight is 1460 g/mol. The number of ether oxygens (including phenoxy) is 1. The Morgan fingerprint density at radius 3 is 1.54 bits per heavy atom. The Balaban J connectivity index is 0.000000171. The first-order valence-electron chi connectivity index (χ1n) is 33.4. The van der Waals surface area contributed by atoms with E-state index in [4.69, 9.17) is 30.6 Å². The first-order chi connectivity index (χ1) is 49.4. The Morgan fingerprint density at radius 1 is 0.583 bits per heavy atom. The third kappa shape index (κ3) is 23.9. The highest BCUT2D eigenvalue weighted by Gasteiger charge is 2.39. The first-order valence-corrected chi connectivity index (χ1v) is 37.1. The van der Waals surface area contributed by atoms with Crippen molar-refractivity contribution in [3.8, 4) is 56.9 Å². The number of Topliss-reactive ketones (excluding diaryl/α,β-unsaturated/α-hetero) is 1. The molecule has 103 heavy (non-hydrogen) atoms. The fourth-order valence-electron chi connectivity index (χ4n) is 9.56. The number of nitrogens with two attached hydrogens (primary N) is 2. The second-order valence-corrected chi connectivity index (χ2v) is 30.8. The standard InChI is InChI=1S/C27H21N3O3.C19H17N3.C18H30O3Si.C11H10BrN3.C8H8BO2/c31-21-11-6-19(7-12-21)16-24-27(33)30-17-25(20-9-13-22(32)14-10-20)28-23(26(30)29-24)15-8-18-4-2-1-3-5-18;1-14-7-10-16(11-8-14)18-13-21-19(20)17(22-18)12-9-15-5-3-2-4-6-15;1-8-20-14(2)17(19)13-15-9-11-16(12-10-15)21-22(6,7)18(3,4)5;1-7-2-4-8(5-3-7)9-6-14-11(13)10(12)15-9;10-9-11-7-6-8-4-2-1-3-5-8/h1-15,17,31-33H,16H2;2-13H,1H3,(H2,20,21);9-12,14H,8,13H2,1-7H3;2-6H,1H3,(H2,13,14);1-7,10H/b15-8+;12-9+;;;7-6+. The van der Waals surface area contributed by atoms with Gasteiger partial charge in [-0.1, -0.05) is 208 Å². The van der Waals surface area contributed by atoms with Gasteiger partial charge < -0.3 is 45.6 Å². The zero-order valence-corrected chi connectivity index (χ0v) is 61.9. The Morgan fingerprint density at radius 2 is 1.04 bits per heavy atom. The average Bonchev–Trinajstić information content (AvgIpc) is 1.64. The molecule has 0 aliphatic carbocycles. The number of aromatic nitrogens is 7. The van der Waals surface area contributed by atoms with Crippen molar-refractivity contribution >= 4 is 85.4 Å². The molecule has 0 fully saturated rings. The molecule has 1 radical (unpaired) electrons. The third-order valence-corrected chi connectivity index (χ3v) is 21.4. The van der Waals surface area contributed by atoms with Crippen molar-refractivity contribution < 1.29 is 39.0 Å². The Hall–Kier alpha value is -11.3. The Kier molecular flexibility index (Phi) is 28.5. The van der Waals surface area contributed by atoms with Crippen LogP contribution in [0.3, 0.4) is 0 Å². The summed E-state index contributed by atoms with van der Waals surface area (Å²) in [4.78, 5) is 38.7. The number of carbonyl (C=O) groups is 1. The fraction of sp³-hybridized carbons (Fsp3) is 0.169. The summed E-state index contributed by atoms with van der Waals surface area (Å²) in [6.45, 7) is 19.5. The molecule has 8 N–H and O–H groups in total. The number of nitrogens with zero attached hydrogens (tertiary/aromatic N) is 7. The largest absolute Gasteiger partial charge is 0.569 e. The van der Waals surface area contributed by atoms with Crippen molar-refractivity contribution in [1.82, 2.24) is 34.3 Å². The van der Waals surface area contributed by atoms with E-state index in [2.05, 4.69) is 98.4 Å². The molecule has 0 aliphatic rings. The van der Waals surface area contributed by atoms with Crippen LogP contribution in [-0.4, -0.2) is 89.1 Å². The van der Waals surface area contributed by atoms with E-state index in [9.17, 15) is 20.1 Å². The summed E-state index contributed by atoms with van der Waals surface area (Å²) in [5, 5.41) is 38.5. The molecule has 0 bridgehead atoms. The molecule has 0 spiro atoms. The van der Waals surface area contributed by atoms with Gasteiger partial charge in [0.15, 0.2) is 17.2 Å². The maximum atomic E-state index is 12.0. The highest BCUT2D eigenvalue weighted by atomic mass is 79.9. The minimum Gasteiger partial charge on any atom is -0.544 e. The normalized spacial score (nSPS) is 11.5. The number of carbonyl (C=O) groups excluding carboxylic acids is 1. The molecule has 20 heteroatoms. The van der Waals surface area contributed by atoms with Crippen molar-refractivity contribution in [1.29, 1.82) is 0 Å². The molecule has 1 unspecified atom stereocenters. The number of ketones is 1. The van der Waals surface area contributed by atoms with E-state index in [0.717, 1.165) is 61.6 Å². The highest BCUT2D eigenvalue weighted by molar-refractivity contribution is 9.10. The number of halogens is 1. The molecule has 8 aromatic carbocycles. The molecule has 12 rings (SSSR count). The van der Waals surface area contributed by atoms with Crippen LogP contribution in [0.4, 0.5) is 11.6 Å². The van der Waals surface area contributed by atoms with Gasteiger partial charge in [0.2, 0.25) is 14.2 Å². The van der Waals surface area contributed by atoms with Gasteiger partial charge in [0.05, 0.1) is 35.7 Å². The van der Waals surface area contributed by atoms with Gasteiger partial charge in [0.1, 0.15) is 50.9 Å². The van der Waals surface area contributed by atoms with Gasteiger partial charge in [-0.2, -0.15) is 0 Å². The van der Waals surface area contributed by atoms with E-state index < -0.39 is 8.32 Å². The number of phenolic OH excluding ortho intramolecular Hbond substituents is 2. The summed E-state index contributed by atoms with van der Waals surface area (Å²) < 4.78 is 18.3. The molecule has 12 aromatic rings. The molecular formula is C83H86BBrN9O8Si. The van der Waals surface area contributed by atoms with Crippen molar-refractivity contribution in [2.24, 2.45) is 0 Å². The van der Waals surface area contributed by atoms with Crippen LogP contribution in [0.15, 0.2) is 242 Å². The fourth-order valence-corrected chi connectivity index (χ4v) is 10.9. The molecule has 4 heterocycles. The van der Waals surface area contributed by atoms with Crippen molar-refractivity contribution in [2.45, 2.75) is 85.5 Å². The predicted molar refractivity (Wildman–Crippen MR) is 423 cm³/mol. The number of hydrogen-bond acceptors (Lipinski definition) is 16. The molecule has 1 atom stereocenters. The predicted octanol–water partition coefficient (Wildman–Crippen LogP) is 18.1. The van der Waals surface area contributed by atoms with E-state index in [1.54, 1.807) is 84.5 Å². The summed E-state index contributed by atoms with van der Waals surface area (Å²) in [6.07, 6.45) is 16.5. The molecule has 525 valence electrons. The van der Waals surface area contributed by atoms with E-state index in [1.165, 1.54) is 17.4 Å². The molecule has 0 saturated carbocycles. The number of anilines is 2. The van der Waals surface area contributed by atoms with Gasteiger partial charge in [-0.05, 0) is 156 Å². The van der Waals surface area contributed by atoms with Crippen LogP contribution in [0.25, 0.3) is 69.8 Å². The zero-order chi connectivity index (χ0) is 73.9. The number of aryl methyl sites for hydroxylation is 2. The van der Waals surface area contributed by atoms with E-state index in [-0.39, 0.29) is 34.3 Å². The van der Waals surface area contributed by atoms with Crippen LogP contribution in [0.1, 0.15) is 90.6 Å². The summed E-state index contributed by atoms with van der Waals surface area (Å²) >= 11 is 3.26. The van der Waals surface area contributed by atoms with Gasteiger partial charge in [-0.3, -0.25) is 9.20 Å². The second kappa shape index (κ2) is 37.9. The molecule has 0 aliphatic heterocycles. The van der Waals surface area contributed by atoms with Crippen molar-refractivity contribution in [2.75, 3.05) is 18.1 Å². The number of fused-ring (bicyclic) bond motifs is 1. The van der Waals surface area contributed by atoms with Crippen LogP contribution >= 0.6 is 15.9 Å². The lowest BCUT2D eigenvalue weighted by molar-refractivity contribution is -0.128. The number of imidazole rings is 1. The summed E-state index contributed by atoms with van der Waals surface area (Å²) in [5.74, 6) is 2.24. The first kappa shape index (κ1) is 77.4. The van der Waals surface area contributed by atoms with Crippen molar-refractivity contribution in [3.05, 3.63) is 298 Å². The van der Waals surface area contributed by atoms with Gasteiger partial charge >= 0.3 is 7.69 Å². The molecule has 0 saturated heterocycles. The Labute approximate surface area is 613 Å². The molecule has 0 amide bonds. The summed E-state index contributed by atoms with van der Waals surface area (Å²) in [7, 11) is -1.17.